The molecule has 2 aromatic carbocycles. The first-order chi connectivity index (χ1) is 13.3. The van der Waals surface area contributed by atoms with Crippen molar-refractivity contribution in [2.45, 2.75) is 26.3 Å². The van der Waals surface area contributed by atoms with Crippen molar-refractivity contribution >= 4 is 17.7 Å². The molecular weight excluding hydrogens is 356 g/mol. The molecule has 1 N–H and O–H groups in total. The van der Waals surface area contributed by atoms with Crippen LogP contribution in [-0.2, 0) is 9.53 Å². The van der Waals surface area contributed by atoms with Gasteiger partial charge in [0, 0.05) is 11.1 Å². The Morgan fingerprint density at radius 3 is 2.07 bits per heavy atom. The molecule has 2 aromatic rings. The number of carbonyl (C=O) groups excluding carboxylic acids is 3. The van der Waals surface area contributed by atoms with Gasteiger partial charge < -0.3 is 10.1 Å². The van der Waals surface area contributed by atoms with Crippen LogP contribution in [0.3, 0.4) is 0 Å². The van der Waals surface area contributed by atoms with Gasteiger partial charge in [0.1, 0.15) is 5.54 Å². The smallest absolute Gasteiger partial charge is 0.338 e. The fourth-order valence-electron chi connectivity index (χ4n) is 2.36. The molecule has 0 aromatic heterocycles. The number of hydrogen-bond acceptors (Lipinski definition) is 5. The van der Waals surface area contributed by atoms with Gasteiger partial charge in [-0.1, -0.05) is 56.3 Å². The van der Waals surface area contributed by atoms with Crippen molar-refractivity contribution in [3.05, 3.63) is 71.3 Å². The van der Waals surface area contributed by atoms with E-state index in [1.165, 1.54) is 24.3 Å². The molecule has 1 amide bonds. The van der Waals surface area contributed by atoms with Crippen LogP contribution in [-0.4, -0.2) is 29.8 Å². The highest BCUT2D eigenvalue weighted by atomic mass is 16.5. The van der Waals surface area contributed by atoms with Crippen molar-refractivity contribution in [3.8, 4) is 6.07 Å². The number of esters is 1. The number of benzene rings is 2. The Hall–Kier alpha value is -3.46. The lowest BCUT2D eigenvalue weighted by atomic mass is 9.90. The topological polar surface area (TPSA) is 96.3 Å². The van der Waals surface area contributed by atoms with Crippen molar-refractivity contribution in [2.75, 3.05) is 6.61 Å². The number of ketones is 1. The predicted octanol–water partition coefficient (Wildman–Crippen LogP) is 3.13. The highest BCUT2D eigenvalue weighted by Gasteiger charge is 2.30. The van der Waals surface area contributed by atoms with Gasteiger partial charge in [-0.15, -0.1) is 0 Å². The van der Waals surface area contributed by atoms with E-state index >= 15 is 0 Å². The van der Waals surface area contributed by atoms with Crippen molar-refractivity contribution in [3.63, 3.8) is 0 Å². The van der Waals surface area contributed by atoms with E-state index in [2.05, 4.69) is 11.4 Å². The summed E-state index contributed by atoms with van der Waals surface area (Å²) in [6.45, 7) is 4.75. The lowest BCUT2D eigenvalue weighted by Gasteiger charge is -2.27. The number of nitriles is 1. The van der Waals surface area contributed by atoms with E-state index in [9.17, 15) is 19.6 Å². The number of ether oxygens (including phenoxy) is 1. The summed E-state index contributed by atoms with van der Waals surface area (Å²) in [5.41, 5.74) is 0.190. The van der Waals surface area contributed by atoms with Gasteiger partial charge >= 0.3 is 5.97 Å². The number of rotatable bonds is 7. The number of carbonyl (C=O) groups is 3. The monoisotopic (exact) mass is 378 g/mol. The van der Waals surface area contributed by atoms with Crippen molar-refractivity contribution in [1.29, 1.82) is 5.26 Å². The largest absolute Gasteiger partial charge is 0.452 e. The van der Waals surface area contributed by atoms with Gasteiger partial charge in [-0.05, 0) is 25.0 Å². The predicted molar refractivity (Wildman–Crippen MR) is 104 cm³/mol. The fraction of sp³-hybridized carbons (Fsp3) is 0.273. The van der Waals surface area contributed by atoms with Gasteiger partial charge in [0.05, 0.1) is 11.6 Å². The van der Waals surface area contributed by atoms with E-state index in [1.54, 1.807) is 31.2 Å². The van der Waals surface area contributed by atoms with Gasteiger partial charge in [-0.25, -0.2) is 4.79 Å². The first-order valence-corrected chi connectivity index (χ1v) is 8.86. The summed E-state index contributed by atoms with van der Waals surface area (Å²) in [5, 5.41) is 11.8. The molecule has 0 saturated carbocycles. The second-order valence-corrected chi connectivity index (χ2v) is 6.87. The van der Waals surface area contributed by atoms with Crippen LogP contribution >= 0.6 is 0 Å². The van der Waals surface area contributed by atoms with E-state index < -0.39 is 24.0 Å². The molecule has 0 radical (unpaired) electrons. The minimum absolute atomic E-state index is 0.105. The number of hydrogen-bond donors (Lipinski definition) is 1. The zero-order valence-corrected chi connectivity index (χ0v) is 16.1. The van der Waals surface area contributed by atoms with Gasteiger partial charge in [0.25, 0.3) is 5.91 Å². The van der Waals surface area contributed by atoms with Crippen LogP contribution in [0.15, 0.2) is 54.6 Å². The average Bonchev–Trinajstić information content (AvgIpc) is 2.72. The highest BCUT2D eigenvalue weighted by Crippen LogP contribution is 2.15. The standard InChI is InChI=1S/C22H22N2O4/c1-15(2)22(3,14-23)24-19(25)13-28-21(27)18-11-9-17(10-12-18)20(26)16-7-5-4-6-8-16/h4-12,15H,13H2,1-3H3,(H,24,25)/t22-/m0/s1. The Balaban J connectivity index is 1.96. The van der Waals surface area contributed by atoms with Crippen LogP contribution in [0.1, 0.15) is 47.1 Å². The Labute approximate surface area is 164 Å². The summed E-state index contributed by atoms with van der Waals surface area (Å²) in [5.74, 6) is -1.49. The highest BCUT2D eigenvalue weighted by molar-refractivity contribution is 6.09. The molecule has 28 heavy (non-hydrogen) atoms. The lowest BCUT2D eigenvalue weighted by Crippen LogP contribution is -2.50. The van der Waals surface area contributed by atoms with E-state index in [0.29, 0.717) is 11.1 Å². The SMILES string of the molecule is CC(C)[C@](C)(C#N)NC(=O)COC(=O)c1ccc(C(=O)c2ccccc2)cc1. The molecule has 2 rings (SSSR count). The van der Waals surface area contributed by atoms with Crippen LogP contribution in [0.5, 0.6) is 0 Å². The maximum absolute atomic E-state index is 12.4. The fourth-order valence-corrected chi connectivity index (χ4v) is 2.36. The van der Waals surface area contributed by atoms with Crippen LogP contribution in [0, 0.1) is 17.2 Å². The minimum atomic E-state index is -1.04. The summed E-state index contributed by atoms with van der Waals surface area (Å²) >= 11 is 0. The molecule has 0 spiro atoms. The zero-order chi connectivity index (χ0) is 20.7. The molecule has 0 bridgehead atoms. The van der Waals surface area contributed by atoms with E-state index in [-0.39, 0.29) is 17.3 Å². The maximum atomic E-state index is 12.4. The van der Waals surface area contributed by atoms with Crippen LogP contribution in [0.25, 0.3) is 0 Å². The van der Waals surface area contributed by atoms with Gasteiger partial charge in [0.15, 0.2) is 12.4 Å². The normalized spacial score (nSPS) is 12.5. The molecule has 1 atom stereocenters. The van der Waals surface area contributed by atoms with Crippen LogP contribution in [0.2, 0.25) is 0 Å². The summed E-state index contributed by atoms with van der Waals surface area (Å²) in [6.07, 6.45) is 0. The number of nitrogens with one attached hydrogen (secondary N) is 1. The molecule has 0 unspecified atom stereocenters. The third-order valence-electron chi connectivity index (χ3n) is 4.54. The Kier molecular flexibility index (Phi) is 6.67. The summed E-state index contributed by atoms with van der Waals surface area (Å²) < 4.78 is 5.00. The summed E-state index contributed by atoms with van der Waals surface area (Å²) in [7, 11) is 0. The average molecular weight is 378 g/mol. The first kappa shape index (κ1) is 20.8. The lowest BCUT2D eigenvalue weighted by molar-refractivity contribution is -0.125. The van der Waals surface area contributed by atoms with Crippen molar-refractivity contribution in [2.24, 2.45) is 5.92 Å². The minimum Gasteiger partial charge on any atom is -0.452 e. The van der Waals surface area contributed by atoms with Crippen LogP contribution in [0.4, 0.5) is 0 Å². The molecular formula is C22H22N2O4. The second-order valence-electron chi connectivity index (χ2n) is 6.87. The molecule has 0 fully saturated rings. The maximum Gasteiger partial charge on any atom is 0.338 e. The quantitative estimate of drug-likeness (QED) is 0.590. The van der Waals surface area contributed by atoms with E-state index in [1.807, 2.05) is 19.9 Å². The van der Waals surface area contributed by atoms with E-state index in [4.69, 9.17) is 4.74 Å². The van der Waals surface area contributed by atoms with Crippen molar-refractivity contribution in [1.82, 2.24) is 5.32 Å². The Morgan fingerprint density at radius 2 is 1.54 bits per heavy atom. The van der Waals surface area contributed by atoms with Crippen LogP contribution < -0.4 is 5.32 Å². The first-order valence-electron chi connectivity index (χ1n) is 8.86. The number of amides is 1. The second kappa shape index (κ2) is 8.96. The number of nitrogens with zero attached hydrogens (tertiary/aromatic N) is 1. The van der Waals surface area contributed by atoms with Crippen molar-refractivity contribution < 1.29 is 19.1 Å². The third-order valence-corrected chi connectivity index (χ3v) is 4.54. The third kappa shape index (κ3) is 5.04. The Morgan fingerprint density at radius 1 is 1.00 bits per heavy atom. The zero-order valence-electron chi connectivity index (χ0n) is 16.1. The summed E-state index contributed by atoms with van der Waals surface area (Å²) in [4.78, 5) is 36.5. The molecule has 0 saturated heterocycles. The molecule has 0 aliphatic heterocycles. The van der Waals surface area contributed by atoms with Gasteiger partial charge in [-0.2, -0.15) is 5.26 Å². The molecule has 0 aliphatic carbocycles. The van der Waals surface area contributed by atoms with E-state index in [0.717, 1.165) is 0 Å². The molecule has 6 nitrogen and oxygen atoms in total. The summed E-state index contributed by atoms with van der Waals surface area (Å²) in [6, 6.07) is 16.9. The van der Waals surface area contributed by atoms with Gasteiger partial charge in [0.2, 0.25) is 0 Å². The van der Waals surface area contributed by atoms with Gasteiger partial charge in [-0.3, -0.25) is 9.59 Å². The Bertz CT molecular complexity index is 898. The molecule has 0 aliphatic rings. The molecule has 6 heteroatoms. The molecule has 144 valence electrons. The molecule has 0 heterocycles.